The minimum atomic E-state index is -0.292. The SMILES string of the molecule is COc1ncnc(OC)c1C(=O)NCCN1CCNCC1. The van der Waals surface area contributed by atoms with Gasteiger partial charge < -0.3 is 20.1 Å². The standard InChI is InChI=1S/C13H21N5O3/c1-20-12-10(13(21-2)17-9-16-12)11(19)15-5-8-18-6-3-14-4-7-18/h9,14H,3-8H2,1-2H3,(H,15,19). The van der Waals surface area contributed by atoms with Crippen molar-refractivity contribution in [1.82, 2.24) is 25.5 Å². The Morgan fingerprint density at radius 2 is 1.90 bits per heavy atom. The summed E-state index contributed by atoms with van der Waals surface area (Å²) in [5, 5.41) is 6.15. The lowest BCUT2D eigenvalue weighted by Gasteiger charge is -2.27. The Labute approximate surface area is 123 Å². The summed E-state index contributed by atoms with van der Waals surface area (Å²) in [5.74, 6) is 0.127. The van der Waals surface area contributed by atoms with Crippen molar-refractivity contribution in [1.29, 1.82) is 0 Å². The van der Waals surface area contributed by atoms with E-state index in [2.05, 4.69) is 25.5 Å². The molecule has 8 heteroatoms. The highest BCUT2D eigenvalue weighted by Gasteiger charge is 2.20. The van der Waals surface area contributed by atoms with Gasteiger partial charge in [-0.25, -0.2) is 9.97 Å². The molecule has 0 saturated carbocycles. The molecule has 0 bridgehead atoms. The number of nitrogens with zero attached hydrogens (tertiary/aromatic N) is 3. The van der Waals surface area contributed by atoms with Crippen LogP contribution >= 0.6 is 0 Å². The maximum absolute atomic E-state index is 12.3. The number of methoxy groups -OCH3 is 2. The zero-order valence-electron chi connectivity index (χ0n) is 12.4. The highest BCUT2D eigenvalue weighted by Crippen LogP contribution is 2.22. The number of piperazine rings is 1. The van der Waals surface area contributed by atoms with Crippen LogP contribution in [-0.2, 0) is 0 Å². The van der Waals surface area contributed by atoms with Gasteiger partial charge in [0.05, 0.1) is 14.2 Å². The average Bonchev–Trinajstić information content (AvgIpc) is 2.54. The quantitative estimate of drug-likeness (QED) is 0.705. The second kappa shape index (κ2) is 7.75. The first-order chi connectivity index (χ1) is 10.3. The fourth-order valence-corrected chi connectivity index (χ4v) is 2.21. The molecule has 0 radical (unpaired) electrons. The number of ether oxygens (including phenoxy) is 2. The molecule has 1 fully saturated rings. The molecule has 0 unspecified atom stereocenters. The summed E-state index contributed by atoms with van der Waals surface area (Å²) in [4.78, 5) is 22.4. The van der Waals surface area contributed by atoms with Gasteiger partial charge in [0.25, 0.3) is 5.91 Å². The first-order valence-corrected chi connectivity index (χ1v) is 6.90. The Kier molecular flexibility index (Phi) is 5.70. The van der Waals surface area contributed by atoms with E-state index in [-0.39, 0.29) is 23.2 Å². The van der Waals surface area contributed by atoms with E-state index in [4.69, 9.17) is 9.47 Å². The lowest BCUT2D eigenvalue weighted by molar-refractivity contribution is 0.0939. The molecule has 116 valence electrons. The zero-order valence-corrected chi connectivity index (χ0v) is 12.4. The Bertz CT molecular complexity index is 455. The molecule has 1 aliphatic heterocycles. The number of hydrogen-bond acceptors (Lipinski definition) is 7. The number of hydrogen-bond donors (Lipinski definition) is 2. The van der Waals surface area contributed by atoms with E-state index in [1.807, 2.05) is 0 Å². The fourth-order valence-electron chi connectivity index (χ4n) is 2.21. The van der Waals surface area contributed by atoms with Crippen LogP contribution in [0.5, 0.6) is 11.8 Å². The minimum Gasteiger partial charge on any atom is -0.480 e. The van der Waals surface area contributed by atoms with Gasteiger partial charge in [0.1, 0.15) is 6.33 Å². The second-order valence-electron chi connectivity index (χ2n) is 4.61. The molecule has 0 atom stereocenters. The molecule has 0 aromatic carbocycles. The first kappa shape index (κ1) is 15.5. The van der Waals surface area contributed by atoms with Crippen LogP contribution in [0.4, 0.5) is 0 Å². The summed E-state index contributed by atoms with van der Waals surface area (Å²) in [5.41, 5.74) is 0.225. The van der Waals surface area contributed by atoms with Crippen LogP contribution < -0.4 is 20.1 Å². The third-order valence-electron chi connectivity index (χ3n) is 3.31. The summed E-state index contributed by atoms with van der Waals surface area (Å²) >= 11 is 0. The molecule has 2 rings (SSSR count). The molecular formula is C13H21N5O3. The smallest absolute Gasteiger partial charge is 0.262 e. The summed E-state index contributed by atoms with van der Waals surface area (Å²) in [6.07, 6.45) is 1.30. The molecule has 0 aliphatic carbocycles. The summed E-state index contributed by atoms with van der Waals surface area (Å²) in [6, 6.07) is 0. The lowest BCUT2D eigenvalue weighted by Crippen LogP contribution is -2.46. The molecule has 8 nitrogen and oxygen atoms in total. The average molecular weight is 295 g/mol. The number of nitrogens with one attached hydrogen (secondary N) is 2. The van der Waals surface area contributed by atoms with Gasteiger partial charge >= 0.3 is 0 Å². The van der Waals surface area contributed by atoms with Crippen LogP contribution in [0.25, 0.3) is 0 Å². The molecule has 1 aliphatic rings. The van der Waals surface area contributed by atoms with Gasteiger partial charge in [0.15, 0.2) is 5.56 Å². The van der Waals surface area contributed by atoms with Crippen LogP contribution in [0.1, 0.15) is 10.4 Å². The molecular weight excluding hydrogens is 274 g/mol. The van der Waals surface area contributed by atoms with Crippen molar-refractivity contribution >= 4 is 5.91 Å². The minimum absolute atomic E-state index is 0.210. The summed E-state index contributed by atoms with van der Waals surface area (Å²) in [7, 11) is 2.92. The molecule has 0 spiro atoms. The Hall–Kier alpha value is -1.93. The predicted molar refractivity (Wildman–Crippen MR) is 76.8 cm³/mol. The fraction of sp³-hybridized carbons (Fsp3) is 0.615. The van der Waals surface area contributed by atoms with E-state index >= 15 is 0 Å². The van der Waals surface area contributed by atoms with Gasteiger partial charge in [-0.15, -0.1) is 0 Å². The third kappa shape index (κ3) is 4.02. The van der Waals surface area contributed by atoms with Crippen molar-refractivity contribution < 1.29 is 14.3 Å². The molecule has 2 N–H and O–H groups in total. The van der Waals surface area contributed by atoms with Crippen molar-refractivity contribution in [3.8, 4) is 11.8 Å². The van der Waals surface area contributed by atoms with E-state index in [1.165, 1.54) is 20.5 Å². The van der Waals surface area contributed by atoms with Crippen molar-refractivity contribution in [3.05, 3.63) is 11.9 Å². The zero-order chi connectivity index (χ0) is 15.1. The molecule has 2 heterocycles. The molecule has 1 saturated heterocycles. The van der Waals surface area contributed by atoms with Gasteiger partial charge in [-0.1, -0.05) is 0 Å². The number of rotatable bonds is 6. The predicted octanol–water partition coefficient (Wildman–Crippen LogP) is -0.871. The second-order valence-corrected chi connectivity index (χ2v) is 4.61. The van der Waals surface area contributed by atoms with Crippen LogP contribution in [0.3, 0.4) is 0 Å². The van der Waals surface area contributed by atoms with Crippen LogP contribution in [0, 0.1) is 0 Å². The molecule has 1 aromatic heterocycles. The molecule has 1 amide bonds. The Morgan fingerprint density at radius 1 is 1.29 bits per heavy atom. The normalized spacial score (nSPS) is 15.5. The highest BCUT2D eigenvalue weighted by molar-refractivity contribution is 5.98. The topological polar surface area (TPSA) is 88.6 Å². The van der Waals surface area contributed by atoms with Gasteiger partial charge in [-0.2, -0.15) is 0 Å². The maximum Gasteiger partial charge on any atom is 0.262 e. The van der Waals surface area contributed by atoms with Crippen LogP contribution in [0.15, 0.2) is 6.33 Å². The number of aromatic nitrogens is 2. The van der Waals surface area contributed by atoms with E-state index in [0.29, 0.717) is 6.54 Å². The Morgan fingerprint density at radius 3 is 2.48 bits per heavy atom. The van der Waals surface area contributed by atoms with Gasteiger partial charge in [0, 0.05) is 39.3 Å². The largest absolute Gasteiger partial charge is 0.480 e. The molecule has 21 heavy (non-hydrogen) atoms. The third-order valence-corrected chi connectivity index (χ3v) is 3.31. The molecule has 1 aromatic rings. The van der Waals surface area contributed by atoms with Gasteiger partial charge in [-0.3, -0.25) is 9.69 Å². The number of carbonyl (C=O) groups excluding carboxylic acids is 1. The maximum atomic E-state index is 12.3. The Balaban J connectivity index is 1.93. The van der Waals surface area contributed by atoms with Crippen LogP contribution in [0.2, 0.25) is 0 Å². The number of amides is 1. The van der Waals surface area contributed by atoms with Crippen molar-refractivity contribution in [3.63, 3.8) is 0 Å². The first-order valence-electron chi connectivity index (χ1n) is 6.90. The van der Waals surface area contributed by atoms with E-state index in [1.54, 1.807) is 0 Å². The van der Waals surface area contributed by atoms with E-state index < -0.39 is 0 Å². The summed E-state index contributed by atoms with van der Waals surface area (Å²) < 4.78 is 10.2. The van der Waals surface area contributed by atoms with E-state index in [9.17, 15) is 4.79 Å². The lowest BCUT2D eigenvalue weighted by atomic mass is 10.3. The van der Waals surface area contributed by atoms with Crippen molar-refractivity contribution in [2.24, 2.45) is 0 Å². The van der Waals surface area contributed by atoms with Crippen molar-refractivity contribution in [2.75, 3.05) is 53.5 Å². The van der Waals surface area contributed by atoms with Crippen LogP contribution in [-0.4, -0.2) is 74.3 Å². The number of carbonyl (C=O) groups is 1. The van der Waals surface area contributed by atoms with Crippen molar-refractivity contribution in [2.45, 2.75) is 0 Å². The van der Waals surface area contributed by atoms with Gasteiger partial charge in [-0.05, 0) is 0 Å². The highest BCUT2D eigenvalue weighted by atomic mass is 16.5. The monoisotopic (exact) mass is 295 g/mol. The van der Waals surface area contributed by atoms with Gasteiger partial charge in [0.2, 0.25) is 11.8 Å². The summed E-state index contributed by atoms with van der Waals surface area (Å²) in [6.45, 7) is 5.34. The van der Waals surface area contributed by atoms with E-state index in [0.717, 1.165) is 32.7 Å².